The molecule has 0 spiro atoms. The molecule has 1 rings (SSSR count). The van der Waals surface area contributed by atoms with Crippen molar-refractivity contribution >= 4 is 0 Å². The van der Waals surface area contributed by atoms with Crippen molar-refractivity contribution in [3.63, 3.8) is 0 Å². The molecular formula is C11H18O2. The number of hydrogen-bond donors (Lipinski definition) is 0. The van der Waals surface area contributed by atoms with E-state index in [9.17, 15) is 0 Å². The highest BCUT2D eigenvalue weighted by atomic mass is 16.6. The minimum atomic E-state index is 0.595. The van der Waals surface area contributed by atoms with Gasteiger partial charge >= 0.3 is 0 Å². The van der Waals surface area contributed by atoms with Gasteiger partial charge in [-0.2, -0.15) is 0 Å². The Morgan fingerprint density at radius 1 is 1.31 bits per heavy atom. The zero-order valence-electron chi connectivity index (χ0n) is 8.72. The molecule has 0 fully saturated rings. The summed E-state index contributed by atoms with van der Waals surface area (Å²) in [5, 5.41) is 0. The first-order valence-corrected chi connectivity index (χ1v) is 4.54. The van der Waals surface area contributed by atoms with Crippen LogP contribution < -0.4 is 0 Å². The first kappa shape index (κ1) is 11.8. The Bertz CT molecular complexity index is 214. The number of allylic oxidation sites excluding steroid dienone is 2. The third-order valence-corrected chi connectivity index (χ3v) is 1.38. The molecule has 0 amide bonds. The van der Waals surface area contributed by atoms with Crippen molar-refractivity contribution in [1.29, 1.82) is 0 Å². The molecule has 0 saturated heterocycles. The van der Waals surface area contributed by atoms with Gasteiger partial charge in [0.15, 0.2) is 11.5 Å². The van der Waals surface area contributed by atoms with Crippen LogP contribution in [0.5, 0.6) is 0 Å². The Morgan fingerprint density at radius 3 is 2.23 bits per heavy atom. The fraction of sp³-hybridized carbons (Fsp3) is 0.455. The Hall–Kier alpha value is -1.18. The van der Waals surface area contributed by atoms with E-state index in [0.29, 0.717) is 19.0 Å². The third-order valence-electron chi connectivity index (χ3n) is 1.38. The maximum Gasteiger partial charge on any atom is 0.163 e. The predicted molar refractivity (Wildman–Crippen MR) is 55.3 cm³/mol. The fourth-order valence-corrected chi connectivity index (χ4v) is 0.917. The lowest BCUT2D eigenvalue weighted by Gasteiger charge is -2.19. The minimum Gasteiger partial charge on any atom is -0.486 e. The first-order chi connectivity index (χ1) is 6.25. The quantitative estimate of drug-likeness (QED) is 0.653. The van der Waals surface area contributed by atoms with E-state index in [1.54, 1.807) is 6.08 Å². The van der Waals surface area contributed by atoms with E-state index in [-0.39, 0.29) is 0 Å². The van der Waals surface area contributed by atoms with E-state index in [0.717, 1.165) is 11.3 Å². The fourth-order valence-electron chi connectivity index (χ4n) is 0.917. The highest BCUT2D eigenvalue weighted by molar-refractivity contribution is 5.29. The van der Waals surface area contributed by atoms with Crippen LogP contribution in [0, 0.1) is 0 Å². The summed E-state index contributed by atoms with van der Waals surface area (Å²) in [7, 11) is 0. The molecule has 2 heteroatoms. The molecule has 13 heavy (non-hydrogen) atoms. The molecule has 0 N–H and O–H groups in total. The van der Waals surface area contributed by atoms with Crippen molar-refractivity contribution < 1.29 is 9.47 Å². The minimum absolute atomic E-state index is 0.595. The second-order valence-electron chi connectivity index (χ2n) is 2.37. The Kier molecular flexibility index (Phi) is 5.77. The normalized spacial score (nSPS) is 14.7. The van der Waals surface area contributed by atoms with Gasteiger partial charge in [-0.1, -0.05) is 27.0 Å². The predicted octanol–water partition coefficient (Wildman–Crippen LogP) is 3.03. The molecule has 1 aliphatic rings. The summed E-state index contributed by atoms with van der Waals surface area (Å²) < 4.78 is 10.6. The van der Waals surface area contributed by atoms with Crippen LogP contribution >= 0.6 is 0 Å². The molecule has 0 aromatic rings. The summed E-state index contributed by atoms with van der Waals surface area (Å²) in [6, 6.07) is 0. The maximum absolute atomic E-state index is 5.33. The zero-order chi connectivity index (χ0) is 10.3. The second kappa shape index (κ2) is 6.35. The van der Waals surface area contributed by atoms with Crippen LogP contribution in [-0.2, 0) is 9.47 Å². The average Bonchev–Trinajstić information content (AvgIpc) is 2.20. The van der Waals surface area contributed by atoms with Crippen molar-refractivity contribution in [2.24, 2.45) is 0 Å². The maximum atomic E-state index is 5.33. The lowest BCUT2D eigenvalue weighted by molar-refractivity contribution is 0.0746. The molecule has 0 saturated carbocycles. The summed E-state index contributed by atoms with van der Waals surface area (Å²) in [4.78, 5) is 0. The molecule has 0 aromatic heterocycles. The molecule has 0 bridgehead atoms. The number of hydrogen-bond acceptors (Lipinski definition) is 2. The summed E-state index contributed by atoms with van der Waals surface area (Å²) in [6.45, 7) is 14.5. The molecule has 2 nitrogen and oxygen atoms in total. The van der Waals surface area contributed by atoms with E-state index >= 15 is 0 Å². The van der Waals surface area contributed by atoms with E-state index in [1.165, 1.54) is 0 Å². The van der Waals surface area contributed by atoms with Crippen LogP contribution in [0.3, 0.4) is 0 Å². The van der Waals surface area contributed by atoms with E-state index in [1.807, 2.05) is 20.8 Å². The van der Waals surface area contributed by atoms with Gasteiger partial charge < -0.3 is 9.47 Å². The van der Waals surface area contributed by atoms with Gasteiger partial charge in [0, 0.05) is 0 Å². The first-order valence-electron chi connectivity index (χ1n) is 4.54. The second-order valence-corrected chi connectivity index (χ2v) is 2.37. The summed E-state index contributed by atoms with van der Waals surface area (Å²) in [5.41, 5.74) is 0.875. The van der Waals surface area contributed by atoms with Crippen molar-refractivity contribution in [2.75, 3.05) is 13.2 Å². The largest absolute Gasteiger partial charge is 0.486 e. The molecular weight excluding hydrogens is 164 g/mol. The lowest BCUT2D eigenvalue weighted by atomic mass is 10.2. The van der Waals surface area contributed by atoms with Crippen LogP contribution in [0.4, 0.5) is 0 Å². The van der Waals surface area contributed by atoms with Gasteiger partial charge in [0.2, 0.25) is 0 Å². The van der Waals surface area contributed by atoms with Gasteiger partial charge in [-0.05, 0) is 18.6 Å². The molecule has 0 atom stereocenters. The molecule has 0 unspecified atom stereocenters. The number of rotatable bonds is 2. The highest BCUT2D eigenvalue weighted by Gasteiger charge is 2.12. The monoisotopic (exact) mass is 182 g/mol. The Labute approximate surface area is 80.5 Å². The summed E-state index contributed by atoms with van der Waals surface area (Å²) in [5.74, 6) is 1.43. The van der Waals surface area contributed by atoms with Gasteiger partial charge in [0.1, 0.15) is 13.2 Å². The van der Waals surface area contributed by atoms with Crippen molar-refractivity contribution in [3.05, 3.63) is 36.3 Å². The Morgan fingerprint density at radius 2 is 1.85 bits per heavy atom. The van der Waals surface area contributed by atoms with E-state index in [4.69, 9.17) is 9.47 Å². The molecule has 0 aromatic carbocycles. The van der Waals surface area contributed by atoms with Crippen LogP contribution in [0.2, 0.25) is 0 Å². The zero-order valence-corrected chi connectivity index (χ0v) is 8.72. The standard InChI is InChI=1S/C9H12O2.C2H6/c1-4-8-9(7(2)3)11-6-5-10-8;1-2/h4H,1-2,5-6H2,3H3;1-2H3. The average molecular weight is 182 g/mol. The van der Waals surface area contributed by atoms with Gasteiger partial charge in [-0.15, -0.1) is 0 Å². The van der Waals surface area contributed by atoms with Crippen LogP contribution in [0.1, 0.15) is 20.8 Å². The van der Waals surface area contributed by atoms with Gasteiger partial charge in [0.25, 0.3) is 0 Å². The van der Waals surface area contributed by atoms with Crippen molar-refractivity contribution in [3.8, 4) is 0 Å². The summed E-state index contributed by atoms with van der Waals surface area (Å²) >= 11 is 0. The van der Waals surface area contributed by atoms with Crippen molar-refractivity contribution in [1.82, 2.24) is 0 Å². The molecule has 0 radical (unpaired) electrons. The van der Waals surface area contributed by atoms with E-state index in [2.05, 4.69) is 13.2 Å². The summed E-state index contributed by atoms with van der Waals surface area (Å²) in [6.07, 6.45) is 1.64. The molecule has 1 heterocycles. The SMILES string of the molecule is C=CC1=C(C(=C)C)OCCO1.CC. The van der Waals surface area contributed by atoms with Gasteiger partial charge in [0.05, 0.1) is 0 Å². The number of ether oxygens (including phenoxy) is 2. The molecule has 1 aliphatic heterocycles. The highest BCUT2D eigenvalue weighted by Crippen LogP contribution is 2.19. The van der Waals surface area contributed by atoms with Crippen LogP contribution in [0.15, 0.2) is 36.3 Å². The van der Waals surface area contributed by atoms with Gasteiger partial charge in [-0.3, -0.25) is 0 Å². The lowest BCUT2D eigenvalue weighted by Crippen LogP contribution is -2.13. The molecule has 0 aliphatic carbocycles. The topological polar surface area (TPSA) is 18.5 Å². The molecule has 74 valence electrons. The smallest absolute Gasteiger partial charge is 0.163 e. The third kappa shape index (κ3) is 3.36. The van der Waals surface area contributed by atoms with E-state index < -0.39 is 0 Å². The Balaban J connectivity index is 0.000000671. The van der Waals surface area contributed by atoms with Crippen molar-refractivity contribution in [2.45, 2.75) is 20.8 Å². The van der Waals surface area contributed by atoms with Crippen LogP contribution in [-0.4, -0.2) is 13.2 Å². The van der Waals surface area contributed by atoms with Crippen LogP contribution in [0.25, 0.3) is 0 Å². The van der Waals surface area contributed by atoms with Gasteiger partial charge in [-0.25, -0.2) is 0 Å².